The molecular weight excluding hydrogens is 270 g/mol. The Hall–Kier alpha value is -3.09. The molecule has 0 aliphatic heterocycles. The van der Waals surface area contributed by atoms with Crippen LogP contribution in [0.1, 0.15) is 5.56 Å². The van der Waals surface area contributed by atoms with Gasteiger partial charge in [0, 0.05) is 17.8 Å². The number of nitrogens with zero attached hydrogens (tertiary/aromatic N) is 4. The zero-order valence-electron chi connectivity index (χ0n) is 11.1. The van der Waals surface area contributed by atoms with Gasteiger partial charge < -0.3 is 5.32 Å². The minimum Gasteiger partial charge on any atom is -0.323 e. The summed E-state index contributed by atoms with van der Waals surface area (Å²) in [7, 11) is 0. The van der Waals surface area contributed by atoms with Gasteiger partial charge in [0.2, 0.25) is 5.95 Å². The van der Waals surface area contributed by atoms with Gasteiger partial charge in [-0.15, -0.1) is 10.2 Å². The minimum atomic E-state index is -0.444. The molecule has 21 heavy (non-hydrogen) atoms. The average Bonchev–Trinajstić information content (AvgIpc) is 2.48. The summed E-state index contributed by atoms with van der Waals surface area (Å²) >= 11 is 0. The van der Waals surface area contributed by atoms with Crippen molar-refractivity contribution in [2.45, 2.75) is 6.92 Å². The zero-order valence-corrected chi connectivity index (χ0v) is 11.1. The van der Waals surface area contributed by atoms with E-state index in [0.717, 1.165) is 16.6 Å². The van der Waals surface area contributed by atoms with Crippen molar-refractivity contribution in [3.05, 3.63) is 58.1 Å². The first-order chi connectivity index (χ1) is 10.1. The van der Waals surface area contributed by atoms with Crippen LogP contribution in [0.2, 0.25) is 0 Å². The smallest absolute Gasteiger partial charge is 0.269 e. The van der Waals surface area contributed by atoms with Gasteiger partial charge in [-0.2, -0.15) is 0 Å². The summed E-state index contributed by atoms with van der Waals surface area (Å²) in [6.45, 7) is 1.98. The van der Waals surface area contributed by atoms with Crippen molar-refractivity contribution in [3.63, 3.8) is 0 Å². The van der Waals surface area contributed by atoms with E-state index in [1.165, 1.54) is 12.1 Å². The van der Waals surface area contributed by atoms with Crippen LogP contribution in [-0.2, 0) is 0 Å². The molecule has 3 rings (SSSR count). The number of rotatable bonds is 3. The number of anilines is 2. The highest BCUT2D eigenvalue weighted by atomic mass is 16.6. The van der Waals surface area contributed by atoms with Crippen molar-refractivity contribution < 1.29 is 4.92 Å². The third-order valence-electron chi connectivity index (χ3n) is 2.94. The van der Waals surface area contributed by atoms with E-state index in [2.05, 4.69) is 20.5 Å². The fraction of sp³-hybridized carbons (Fsp3) is 0.0714. The van der Waals surface area contributed by atoms with Crippen molar-refractivity contribution in [3.8, 4) is 0 Å². The van der Waals surface area contributed by atoms with Crippen molar-refractivity contribution in [2.75, 3.05) is 5.32 Å². The lowest BCUT2D eigenvalue weighted by atomic mass is 10.2. The quantitative estimate of drug-likeness (QED) is 0.586. The predicted octanol–water partition coefficient (Wildman–Crippen LogP) is 2.99. The van der Waals surface area contributed by atoms with E-state index in [4.69, 9.17) is 0 Å². The molecule has 0 saturated heterocycles. The molecule has 0 saturated carbocycles. The van der Waals surface area contributed by atoms with Crippen molar-refractivity contribution in [1.29, 1.82) is 0 Å². The molecule has 0 fully saturated rings. The number of non-ortho nitro benzene ring substituents is 1. The molecule has 3 aromatic rings. The second-order valence-corrected chi connectivity index (χ2v) is 4.56. The molecule has 104 valence electrons. The average molecular weight is 281 g/mol. The maximum atomic E-state index is 10.6. The van der Waals surface area contributed by atoms with Crippen molar-refractivity contribution in [1.82, 2.24) is 15.2 Å². The number of aromatic nitrogens is 3. The van der Waals surface area contributed by atoms with Gasteiger partial charge >= 0.3 is 0 Å². The molecule has 7 nitrogen and oxygen atoms in total. The molecule has 0 aliphatic rings. The lowest BCUT2D eigenvalue weighted by Crippen LogP contribution is -1.99. The van der Waals surface area contributed by atoms with Crippen LogP contribution in [0.25, 0.3) is 11.0 Å². The Morgan fingerprint density at radius 1 is 1.05 bits per heavy atom. The summed E-state index contributed by atoms with van der Waals surface area (Å²) in [5, 5.41) is 21.7. The highest BCUT2D eigenvalue weighted by molar-refractivity contribution is 5.75. The fourth-order valence-corrected chi connectivity index (χ4v) is 1.89. The minimum absolute atomic E-state index is 0.0357. The number of benzene rings is 2. The topological polar surface area (TPSA) is 93.8 Å². The number of hydrogen-bond donors (Lipinski definition) is 1. The Kier molecular flexibility index (Phi) is 3.15. The van der Waals surface area contributed by atoms with Gasteiger partial charge in [-0.25, -0.2) is 4.98 Å². The SMILES string of the molecule is Cc1ccc2nc(Nc3ccc([N+](=O)[O-])cc3)nnc2c1. The van der Waals surface area contributed by atoms with E-state index in [0.29, 0.717) is 11.6 Å². The Morgan fingerprint density at radius 3 is 2.52 bits per heavy atom. The van der Waals surface area contributed by atoms with Crippen molar-refractivity contribution in [2.24, 2.45) is 0 Å². The predicted molar refractivity (Wildman–Crippen MR) is 78.4 cm³/mol. The standard InChI is InChI=1S/C14H11N5O2/c1-9-2-7-12-13(8-9)17-18-14(16-12)15-10-3-5-11(6-4-10)19(20)21/h2-8H,1H3,(H,15,16,18). The third-order valence-corrected chi connectivity index (χ3v) is 2.94. The largest absolute Gasteiger partial charge is 0.323 e. The highest BCUT2D eigenvalue weighted by Crippen LogP contribution is 2.19. The van der Waals surface area contributed by atoms with Crippen LogP contribution in [0.5, 0.6) is 0 Å². The molecule has 0 radical (unpaired) electrons. The van der Waals surface area contributed by atoms with E-state index in [9.17, 15) is 10.1 Å². The Labute approximate surface area is 119 Å². The first-order valence-corrected chi connectivity index (χ1v) is 6.24. The van der Waals surface area contributed by atoms with Gasteiger partial charge in [0.05, 0.1) is 10.4 Å². The Morgan fingerprint density at radius 2 is 1.81 bits per heavy atom. The monoisotopic (exact) mass is 281 g/mol. The molecule has 0 spiro atoms. The third kappa shape index (κ3) is 2.76. The fourth-order valence-electron chi connectivity index (χ4n) is 1.89. The van der Waals surface area contributed by atoms with Gasteiger partial charge in [-0.05, 0) is 36.8 Å². The molecule has 1 aromatic heterocycles. The Bertz CT molecular complexity index is 817. The summed E-state index contributed by atoms with van der Waals surface area (Å²) in [5.74, 6) is 0.347. The van der Waals surface area contributed by atoms with Crippen LogP contribution in [0, 0.1) is 17.0 Å². The molecule has 0 atom stereocenters. The van der Waals surface area contributed by atoms with Crippen LogP contribution in [-0.4, -0.2) is 20.1 Å². The molecule has 0 unspecified atom stereocenters. The van der Waals surface area contributed by atoms with E-state index >= 15 is 0 Å². The zero-order chi connectivity index (χ0) is 14.8. The van der Waals surface area contributed by atoms with Gasteiger partial charge in [0.25, 0.3) is 5.69 Å². The maximum absolute atomic E-state index is 10.6. The second-order valence-electron chi connectivity index (χ2n) is 4.56. The molecule has 0 amide bonds. The molecular formula is C14H11N5O2. The van der Waals surface area contributed by atoms with Gasteiger partial charge in [0.1, 0.15) is 5.52 Å². The van der Waals surface area contributed by atoms with Crippen LogP contribution in [0.15, 0.2) is 42.5 Å². The summed E-state index contributed by atoms with van der Waals surface area (Å²) in [6, 6.07) is 11.8. The van der Waals surface area contributed by atoms with Crippen LogP contribution >= 0.6 is 0 Å². The number of fused-ring (bicyclic) bond motifs is 1. The van der Waals surface area contributed by atoms with Gasteiger partial charge in [-0.3, -0.25) is 10.1 Å². The normalized spacial score (nSPS) is 10.5. The van der Waals surface area contributed by atoms with E-state index in [-0.39, 0.29) is 5.69 Å². The Balaban J connectivity index is 1.87. The summed E-state index contributed by atoms with van der Waals surface area (Å²) in [5.41, 5.74) is 3.25. The molecule has 0 bridgehead atoms. The van der Waals surface area contributed by atoms with Crippen molar-refractivity contribution >= 4 is 28.4 Å². The molecule has 2 aromatic carbocycles. The highest BCUT2D eigenvalue weighted by Gasteiger charge is 2.06. The summed E-state index contributed by atoms with van der Waals surface area (Å²) in [6.07, 6.45) is 0. The first-order valence-electron chi connectivity index (χ1n) is 6.24. The number of hydrogen-bond acceptors (Lipinski definition) is 6. The maximum Gasteiger partial charge on any atom is 0.269 e. The number of aryl methyl sites for hydroxylation is 1. The number of nitro groups is 1. The lowest BCUT2D eigenvalue weighted by Gasteiger charge is -2.04. The first kappa shape index (κ1) is 12.9. The van der Waals surface area contributed by atoms with E-state index < -0.39 is 4.92 Å². The summed E-state index contributed by atoms with van der Waals surface area (Å²) in [4.78, 5) is 14.5. The van der Waals surface area contributed by atoms with Crippen LogP contribution in [0.3, 0.4) is 0 Å². The van der Waals surface area contributed by atoms with Gasteiger partial charge in [-0.1, -0.05) is 6.07 Å². The molecule has 1 N–H and O–H groups in total. The summed E-state index contributed by atoms with van der Waals surface area (Å²) < 4.78 is 0. The number of nitrogens with one attached hydrogen (secondary N) is 1. The second kappa shape index (κ2) is 5.12. The number of nitro benzene ring substituents is 1. The molecule has 0 aliphatic carbocycles. The van der Waals surface area contributed by atoms with E-state index in [1.807, 2.05) is 25.1 Å². The van der Waals surface area contributed by atoms with Gasteiger partial charge in [0.15, 0.2) is 0 Å². The van der Waals surface area contributed by atoms with E-state index in [1.54, 1.807) is 12.1 Å². The molecule has 1 heterocycles. The molecule has 7 heteroatoms. The van der Waals surface area contributed by atoms with Crippen LogP contribution < -0.4 is 5.32 Å². The van der Waals surface area contributed by atoms with Crippen LogP contribution in [0.4, 0.5) is 17.3 Å². The lowest BCUT2D eigenvalue weighted by molar-refractivity contribution is -0.384.